The number of hydrogen-bond acceptors (Lipinski definition) is 6. The van der Waals surface area contributed by atoms with Gasteiger partial charge in [-0.05, 0) is 32.1 Å². The van der Waals surface area contributed by atoms with Gasteiger partial charge in [0.1, 0.15) is 5.71 Å². The van der Waals surface area contributed by atoms with Crippen LogP contribution in [0, 0.1) is 0 Å². The van der Waals surface area contributed by atoms with Crippen molar-refractivity contribution < 1.29 is 0 Å². The highest BCUT2D eigenvalue weighted by Crippen LogP contribution is 2.03. The highest BCUT2D eigenvalue weighted by atomic mass is 32.1. The molecule has 0 aliphatic rings. The van der Waals surface area contributed by atoms with Crippen molar-refractivity contribution in [2.45, 2.75) is 20.4 Å². The average molecular weight is 357 g/mol. The van der Waals surface area contributed by atoms with Gasteiger partial charge in [-0.25, -0.2) is 0 Å². The predicted octanol–water partition coefficient (Wildman–Crippen LogP) is 0.459. The molecule has 128 valence electrons. The van der Waals surface area contributed by atoms with E-state index in [0.29, 0.717) is 16.5 Å². The molecule has 0 aliphatic carbocycles. The second-order valence-corrected chi connectivity index (χ2v) is 4.65. The first-order chi connectivity index (χ1) is 11.0. The van der Waals surface area contributed by atoms with Crippen LogP contribution >= 0.6 is 24.4 Å². The molecular weight excluding hydrogens is 332 g/mol. The van der Waals surface area contributed by atoms with Gasteiger partial charge in [0.05, 0.1) is 16.9 Å². The fourth-order valence-corrected chi connectivity index (χ4v) is 1.51. The first kappa shape index (κ1) is 20.9. The van der Waals surface area contributed by atoms with E-state index >= 15 is 0 Å². The van der Waals surface area contributed by atoms with Crippen LogP contribution in [0.3, 0.4) is 0 Å². The minimum atomic E-state index is 0.451. The Morgan fingerprint density at radius 1 is 1.35 bits per heavy atom. The maximum absolute atomic E-state index is 4.97. The maximum atomic E-state index is 4.97. The van der Waals surface area contributed by atoms with E-state index in [0.717, 1.165) is 12.2 Å². The molecule has 1 rings (SSSR count). The normalized spacial score (nSPS) is 11.0. The van der Waals surface area contributed by atoms with Crippen LogP contribution in [-0.2, 0) is 6.54 Å². The molecule has 23 heavy (non-hydrogen) atoms. The van der Waals surface area contributed by atoms with Crippen molar-refractivity contribution in [2.75, 3.05) is 21.1 Å². The third-order valence-corrected chi connectivity index (χ3v) is 3.03. The highest BCUT2D eigenvalue weighted by Gasteiger charge is 2.13. The smallest absolute Gasteiger partial charge is 0.186 e. The lowest BCUT2D eigenvalue weighted by atomic mass is 10.2. The largest absolute Gasteiger partial charge is 0.385 e. The Bertz CT molecular complexity index is 550. The van der Waals surface area contributed by atoms with Crippen LogP contribution in [0.1, 0.15) is 19.5 Å². The number of hydrazone groups is 2. The lowest BCUT2D eigenvalue weighted by molar-refractivity contribution is 0.654. The molecule has 0 aliphatic heterocycles. The summed E-state index contributed by atoms with van der Waals surface area (Å²) in [7, 11) is 5.24. The van der Waals surface area contributed by atoms with Crippen LogP contribution in [0.25, 0.3) is 0 Å². The molecule has 4 N–H and O–H groups in total. The molecular formula is C13H24N8S2. The van der Waals surface area contributed by atoms with Crippen molar-refractivity contribution in [3.63, 3.8) is 0 Å². The number of aromatic nitrogens is 2. The van der Waals surface area contributed by atoms with Crippen molar-refractivity contribution in [1.29, 1.82) is 0 Å². The minimum absolute atomic E-state index is 0.451. The van der Waals surface area contributed by atoms with Crippen LogP contribution in [0.15, 0.2) is 22.5 Å². The molecule has 0 bridgehead atoms. The fourth-order valence-electron chi connectivity index (χ4n) is 1.46. The summed E-state index contributed by atoms with van der Waals surface area (Å²) in [6.45, 7) is 4.64. The second-order valence-electron chi connectivity index (χ2n) is 4.01. The molecule has 1 heterocycles. The van der Waals surface area contributed by atoms with Gasteiger partial charge in [0.2, 0.25) is 0 Å². The highest BCUT2D eigenvalue weighted by molar-refractivity contribution is 7.80. The Hall–Kier alpha value is -2.07. The Balaban J connectivity index is 0.00000108. The Kier molecular flexibility index (Phi) is 11.3. The molecule has 0 saturated heterocycles. The second kappa shape index (κ2) is 12.5. The van der Waals surface area contributed by atoms with Crippen LogP contribution < -0.4 is 21.5 Å². The Morgan fingerprint density at radius 2 is 2.00 bits per heavy atom. The van der Waals surface area contributed by atoms with Gasteiger partial charge in [-0.15, -0.1) is 0 Å². The lowest BCUT2D eigenvalue weighted by Crippen LogP contribution is -2.31. The van der Waals surface area contributed by atoms with E-state index in [1.807, 2.05) is 24.6 Å². The summed E-state index contributed by atoms with van der Waals surface area (Å²) in [5, 5.41) is 18.5. The van der Waals surface area contributed by atoms with Crippen LogP contribution in [-0.4, -0.2) is 53.0 Å². The fraction of sp³-hybridized carbons (Fsp3) is 0.462. The van der Waals surface area contributed by atoms with E-state index in [1.54, 1.807) is 27.3 Å². The summed E-state index contributed by atoms with van der Waals surface area (Å²) in [6, 6.07) is 1.90. The molecule has 0 aromatic carbocycles. The molecule has 1 aromatic heterocycles. The summed E-state index contributed by atoms with van der Waals surface area (Å²) in [5.41, 5.74) is 9.30. The van der Waals surface area contributed by atoms with E-state index in [1.165, 1.54) is 5.49 Å². The number of nitrogens with zero attached hydrogens (tertiary/aromatic N) is 4. The number of hydrogen-bond donors (Lipinski definition) is 4. The third-order valence-electron chi connectivity index (χ3n) is 2.50. The van der Waals surface area contributed by atoms with Crippen molar-refractivity contribution in [3.8, 4) is 0 Å². The first-order valence-electron chi connectivity index (χ1n) is 6.95. The SMILES string of the molecule is CCn1nccc1C(=N\NC)/C(C)=N/NC(=S)NC.CNC=S. The summed E-state index contributed by atoms with van der Waals surface area (Å²) < 4.78 is 1.85. The van der Waals surface area contributed by atoms with E-state index in [4.69, 9.17) is 12.2 Å². The standard InChI is InChI=1S/C11H19N7S.C2H5NS/c1-5-18-9(6-7-14-18)10(16-13-4)8(2)15-17-11(19)12-3;1-3-2-4/h6-7,13H,5H2,1-4H3,(H2,12,17,19);2H,1H3,(H,3,4)/b15-8+,16-10-;. The van der Waals surface area contributed by atoms with E-state index in [2.05, 4.69) is 49.0 Å². The molecule has 8 nitrogen and oxygen atoms in total. The first-order valence-corrected chi connectivity index (χ1v) is 7.83. The zero-order valence-electron chi connectivity index (χ0n) is 14.0. The van der Waals surface area contributed by atoms with Gasteiger partial charge in [-0.2, -0.15) is 15.3 Å². The summed E-state index contributed by atoms with van der Waals surface area (Å²) in [5.74, 6) is 0. The Morgan fingerprint density at radius 3 is 2.48 bits per heavy atom. The number of aryl methyl sites for hydroxylation is 1. The van der Waals surface area contributed by atoms with Crippen molar-refractivity contribution in [1.82, 2.24) is 31.3 Å². The molecule has 1 aromatic rings. The van der Waals surface area contributed by atoms with Crippen molar-refractivity contribution >= 4 is 46.5 Å². The van der Waals surface area contributed by atoms with Gasteiger partial charge in [0, 0.05) is 33.9 Å². The summed E-state index contributed by atoms with van der Waals surface area (Å²) >= 11 is 9.29. The van der Waals surface area contributed by atoms with Crippen LogP contribution in [0.2, 0.25) is 0 Å². The molecule has 10 heteroatoms. The van der Waals surface area contributed by atoms with E-state index in [-0.39, 0.29) is 0 Å². The molecule has 0 unspecified atom stereocenters. The van der Waals surface area contributed by atoms with Crippen molar-refractivity contribution in [3.05, 3.63) is 18.0 Å². The van der Waals surface area contributed by atoms with Crippen LogP contribution in [0.5, 0.6) is 0 Å². The van der Waals surface area contributed by atoms with Gasteiger partial charge in [0.25, 0.3) is 0 Å². The number of rotatable bonds is 6. The maximum Gasteiger partial charge on any atom is 0.186 e. The summed E-state index contributed by atoms with van der Waals surface area (Å²) in [6.07, 6.45) is 1.74. The molecule has 0 amide bonds. The molecule has 0 radical (unpaired) electrons. The zero-order chi connectivity index (χ0) is 17.7. The zero-order valence-corrected chi connectivity index (χ0v) is 15.7. The predicted molar refractivity (Wildman–Crippen MR) is 104 cm³/mol. The molecule has 0 fully saturated rings. The Labute approximate surface area is 147 Å². The van der Waals surface area contributed by atoms with Gasteiger partial charge < -0.3 is 16.1 Å². The minimum Gasteiger partial charge on any atom is -0.385 e. The van der Waals surface area contributed by atoms with E-state index in [9.17, 15) is 0 Å². The monoisotopic (exact) mass is 356 g/mol. The quantitative estimate of drug-likeness (QED) is 0.334. The topological polar surface area (TPSA) is 90.7 Å². The summed E-state index contributed by atoms with van der Waals surface area (Å²) in [4.78, 5) is 0. The van der Waals surface area contributed by atoms with Crippen LogP contribution in [0.4, 0.5) is 0 Å². The van der Waals surface area contributed by atoms with Gasteiger partial charge in [0.15, 0.2) is 5.11 Å². The molecule has 0 saturated carbocycles. The molecule has 0 spiro atoms. The van der Waals surface area contributed by atoms with E-state index < -0.39 is 0 Å². The van der Waals surface area contributed by atoms with Gasteiger partial charge in [-0.1, -0.05) is 12.2 Å². The van der Waals surface area contributed by atoms with Gasteiger partial charge in [-0.3, -0.25) is 10.1 Å². The van der Waals surface area contributed by atoms with Gasteiger partial charge >= 0.3 is 0 Å². The number of thiocarbonyl (C=S) groups is 2. The lowest BCUT2D eigenvalue weighted by Gasteiger charge is -2.09. The molecule has 0 atom stereocenters. The number of nitrogens with one attached hydrogen (secondary N) is 4. The van der Waals surface area contributed by atoms with Crippen molar-refractivity contribution in [2.24, 2.45) is 10.2 Å². The average Bonchev–Trinajstić information content (AvgIpc) is 3.05. The third kappa shape index (κ3) is 7.66.